The summed E-state index contributed by atoms with van der Waals surface area (Å²) in [5.74, 6) is -0.421. The number of aryl methyl sites for hydroxylation is 1. The quantitative estimate of drug-likeness (QED) is 0.354. The van der Waals surface area contributed by atoms with Gasteiger partial charge in [-0.15, -0.1) is 0 Å². The van der Waals surface area contributed by atoms with Crippen molar-refractivity contribution in [3.63, 3.8) is 0 Å². The van der Waals surface area contributed by atoms with Crippen LogP contribution in [0.25, 0.3) is 11.8 Å². The number of halogens is 1. The lowest BCUT2D eigenvalue weighted by molar-refractivity contribution is -0.136. The van der Waals surface area contributed by atoms with Gasteiger partial charge in [-0.3, -0.25) is 9.69 Å². The number of esters is 1. The van der Waals surface area contributed by atoms with E-state index in [1.807, 2.05) is 19.9 Å². The molecule has 1 aromatic heterocycles. The van der Waals surface area contributed by atoms with E-state index in [0.29, 0.717) is 34.1 Å². The van der Waals surface area contributed by atoms with Crippen molar-refractivity contribution in [3.05, 3.63) is 88.1 Å². The van der Waals surface area contributed by atoms with Crippen molar-refractivity contribution in [2.24, 2.45) is 0 Å². The van der Waals surface area contributed by atoms with E-state index >= 15 is 0 Å². The van der Waals surface area contributed by atoms with Crippen LogP contribution in [0.1, 0.15) is 23.9 Å². The molecule has 0 unspecified atom stereocenters. The van der Waals surface area contributed by atoms with Crippen LogP contribution in [-0.4, -0.2) is 37.8 Å². The van der Waals surface area contributed by atoms with Crippen LogP contribution in [0.15, 0.2) is 65.4 Å². The summed E-state index contributed by atoms with van der Waals surface area (Å²) in [4.78, 5) is 27.9. The molecule has 7 nitrogen and oxygen atoms in total. The van der Waals surface area contributed by atoms with Crippen LogP contribution in [0, 0.1) is 19.7 Å². The number of carbonyl (C=O) groups is 2. The Morgan fingerprint density at radius 3 is 2.28 bits per heavy atom. The van der Waals surface area contributed by atoms with Crippen LogP contribution in [0.4, 0.5) is 10.1 Å². The van der Waals surface area contributed by atoms with Gasteiger partial charge in [0.25, 0.3) is 5.91 Å². The number of anilines is 1. The molecule has 4 rings (SSSR count). The van der Waals surface area contributed by atoms with Gasteiger partial charge in [-0.25, -0.2) is 9.18 Å². The van der Waals surface area contributed by atoms with Gasteiger partial charge in [-0.2, -0.15) is 0 Å². The van der Waals surface area contributed by atoms with Crippen LogP contribution in [0.3, 0.4) is 0 Å². The Kier molecular flexibility index (Phi) is 6.70. The van der Waals surface area contributed by atoms with Crippen molar-refractivity contribution < 1.29 is 28.2 Å². The zero-order valence-electron chi connectivity index (χ0n) is 21.0. The fourth-order valence-corrected chi connectivity index (χ4v) is 4.55. The first-order valence-corrected chi connectivity index (χ1v) is 11.2. The number of benzene rings is 2. The highest BCUT2D eigenvalue weighted by Crippen LogP contribution is 2.39. The van der Waals surface area contributed by atoms with E-state index < -0.39 is 11.9 Å². The Labute approximate surface area is 209 Å². The molecule has 0 fully saturated rings. The molecule has 0 radical (unpaired) electrons. The highest BCUT2D eigenvalue weighted by molar-refractivity contribution is 6.24. The van der Waals surface area contributed by atoms with Crippen molar-refractivity contribution in [2.75, 3.05) is 26.2 Å². The Bertz CT molecular complexity index is 1430. The van der Waals surface area contributed by atoms with E-state index in [0.717, 1.165) is 11.4 Å². The maximum absolute atomic E-state index is 14.5. The third kappa shape index (κ3) is 4.04. The van der Waals surface area contributed by atoms with E-state index in [1.165, 1.54) is 32.3 Å². The first-order chi connectivity index (χ1) is 17.2. The van der Waals surface area contributed by atoms with E-state index in [2.05, 4.69) is 0 Å². The summed E-state index contributed by atoms with van der Waals surface area (Å²) in [5, 5.41) is 0. The minimum absolute atomic E-state index is 0.160. The molecule has 0 atom stereocenters. The number of amides is 1. The highest BCUT2D eigenvalue weighted by Gasteiger charge is 2.38. The van der Waals surface area contributed by atoms with Gasteiger partial charge in [0.2, 0.25) is 0 Å². The second-order valence-corrected chi connectivity index (χ2v) is 8.30. The van der Waals surface area contributed by atoms with Gasteiger partial charge in [-0.1, -0.05) is 12.1 Å². The number of methoxy groups -OCH3 is 3. The number of hydrogen-bond acceptors (Lipinski definition) is 5. The number of allylic oxidation sites excluding steroid dienone is 1. The molecule has 8 heteroatoms. The molecule has 0 bridgehead atoms. The van der Waals surface area contributed by atoms with E-state index in [-0.39, 0.29) is 17.0 Å². The molecule has 2 heterocycles. The van der Waals surface area contributed by atoms with Gasteiger partial charge >= 0.3 is 5.97 Å². The largest absolute Gasteiger partial charge is 0.493 e. The third-order valence-corrected chi connectivity index (χ3v) is 6.28. The van der Waals surface area contributed by atoms with Crippen molar-refractivity contribution in [1.29, 1.82) is 0 Å². The normalized spacial score (nSPS) is 14.6. The highest BCUT2D eigenvalue weighted by atomic mass is 19.1. The number of aromatic nitrogens is 1. The number of ether oxygens (including phenoxy) is 3. The summed E-state index contributed by atoms with van der Waals surface area (Å²) in [6.07, 6.45) is 1.65. The van der Waals surface area contributed by atoms with Crippen LogP contribution in [0.5, 0.6) is 11.5 Å². The smallest absolute Gasteiger partial charge is 0.340 e. The lowest BCUT2D eigenvalue weighted by atomic mass is 10.0. The van der Waals surface area contributed by atoms with Gasteiger partial charge in [0.1, 0.15) is 5.82 Å². The molecule has 3 aromatic rings. The second kappa shape index (κ2) is 9.73. The Morgan fingerprint density at radius 1 is 0.944 bits per heavy atom. The summed E-state index contributed by atoms with van der Waals surface area (Å²) in [6.45, 7) is 5.38. The average molecular weight is 491 g/mol. The molecular weight excluding hydrogens is 463 g/mol. The molecule has 36 heavy (non-hydrogen) atoms. The first-order valence-electron chi connectivity index (χ1n) is 11.2. The summed E-state index contributed by atoms with van der Waals surface area (Å²) < 4.78 is 32.0. The summed E-state index contributed by atoms with van der Waals surface area (Å²) >= 11 is 0. The summed E-state index contributed by atoms with van der Waals surface area (Å²) in [7, 11) is 4.30. The Hall–Kier alpha value is -4.33. The third-order valence-electron chi connectivity index (χ3n) is 6.28. The molecule has 1 aliphatic rings. The minimum atomic E-state index is -0.627. The molecule has 186 valence electrons. The molecule has 0 spiro atoms. The predicted octanol–water partition coefficient (Wildman–Crippen LogP) is 5.13. The molecule has 1 aliphatic heterocycles. The zero-order valence-corrected chi connectivity index (χ0v) is 21.0. The van der Waals surface area contributed by atoms with Gasteiger partial charge in [-0.05, 0) is 62.7 Å². The van der Waals surface area contributed by atoms with Crippen molar-refractivity contribution in [2.45, 2.75) is 20.8 Å². The van der Waals surface area contributed by atoms with E-state index in [1.54, 1.807) is 54.0 Å². The van der Waals surface area contributed by atoms with E-state index in [9.17, 15) is 14.0 Å². The fourth-order valence-electron chi connectivity index (χ4n) is 4.55. The van der Waals surface area contributed by atoms with E-state index in [4.69, 9.17) is 14.2 Å². The van der Waals surface area contributed by atoms with Crippen LogP contribution in [-0.2, 0) is 14.3 Å². The van der Waals surface area contributed by atoms with Crippen molar-refractivity contribution >= 4 is 23.6 Å². The van der Waals surface area contributed by atoms with Crippen LogP contribution >= 0.6 is 0 Å². The van der Waals surface area contributed by atoms with Gasteiger partial charge in [0.05, 0.1) is 43.9 Å². The van der Waals surface area contributed by atoms with Gasteiger partial charge in [0.15, 0.2) is 11.5 Å². The molecule has 0 saturated heterocycles. The Balaban J connectivity index is 1.86. The number of rotatable bonds is 6. The van der Waals surface area contributed by atoms with Gasteiger partial charge < -0.3 is 18.8 Å². The maximum atomic E-state index is 14.5. The summed E-state index contributed by atoms with van der Waals surface area (Å²) in [6, 6.07) is 13.4. The minimum Gasteiger partial charge on any atom is -0.493 e. The monoisotopic (exact) mass is 490 g/mol. The lowest BCUT2D eigenvalue weighted by Gasteiger charge is -2.19. The maximum Gasteiger partial charge on any atom is 0.340 e. The van der Waals surface area contributed by atoms with Gasteiger partial charge in [0, 0.05) is 23.2 Å². The lowest BCUT2D eigenvalue weighted by Crippen LogP contribution is -2.24. The molecule has 0 N–H and O–H groups in total. The molecule has 1 amide bonds. The molecular formula is C28H27FN2O5. The number of hydrogen-bond donors (Lipinski definition) is 0. The molecule has 0 aliphatic carbocycles. The number of nitrogens with zero attached hydrogens (tertiary/aromatic N) is 2. The van der Waals surface area contributed by atoms with Crippen molar-refractivity contribution in [1.82, 2.24) is 4.57 Å². The number of carbonyl (C=O) groups excluding carboxylic acids is 2. The average Bonchev–Trinajstić information content (AvgIpc) is 3.29. The standard InChI is InChI=1S/C28H27FN2O5/c1-16-13-19(17(2)30(16)23-10-8-7-9-22(23)29)14-21-26(28(33)36-6)18(3)31(27(21)32)20-11-12-24(34-4)25(15-20)35-5/h7-15H,1-6H3/b21-14-. The second-order valence-electron chi connectivity index (χ2n) is 8.30. The first kappa shape index (κ1) is 24.8. The molecule has 0 saturated carbocycles. The zero-order chi connectivity index (χ0) is 26.1. The molecule has 2 aromatic carbocycles. The fraction of sp³-hybridized carbons (Fsp3) is 0.214. The SMILES string of the molecule is COC(=O)C1=C(C)N(c2ccc(OC)c(OC)c2)C(=O)/C1=C\c1cc(C)n(-c2ccccc2F)c1C. The van der Waals surface area contributed by atoms with Crippen LogP contribution < -0.4 is 14.4 Å². The van der Waals surface area contributed by atoms with Crippen LogP contribution in [0.2, 0.25) is 0 Å². The Morgan fingerprint density at radius 2 is 1.64 bits per heavy atom. The predicted molar refractivity (Wildman–Crippen MR) is 135 cm³/mol. The van der Waals surface area contributed by atoms with Crippen molar-refractivity contribution in [3.8, 4) is 17.2 Å². The topological polar surface area (TPSA) is 70.0 Å². The number of para-hydroxylation sites is 1. The summed E-state index contributed by atoms with van der Waals surface area (Å²) in [5.41, 5.74) is 3.88.